The van der Waals surface area contributed by atoms with Crippen molar-refractivity contribution in [1.82, 2.24) is 4.98 Å². The van der Waals surface area contributed by atoms with E-state index in [4.69, 9.17) is 5.11 Å². The Hall–Kier alpha value is -1.78. The predicted octanol–water partition coefficient (Wildman–Crippen LogP) is 0.672. The summed E-state index contributed by atoms with van der Waals surface area (Å²) in [5, 5.41) is 20.3. The summed E-state index contributed by atoms with van der Waals surface area (Å²) < 4.78 is 0. The molecule has 5 heteroatoms. The molecule has 5 nitrogen and oxygen atoms in total. The minimum Gasteiger partial charge on any atom is -0.504 e. The summed E-state index contributed by atoms with van der Waals surface area (Å²) in [7, 11) is 0. The number of aliphatic carboxylic acids is 1. The quantitative estimate of drug-likeness (QED) is 0.640. The van der Waals surface area contributed by atoms with Crippen LogP contribution in [0.15, 0.2) is 18.3 Å². The van der Waals surface area contributed by atoms with Crippen LogP contribution in [-0.4, -0.2) is 27.2 Å². The van der Waals surface area contributed by atoms with Crippen molar-refractivity contribution in [3.63, 3.8) is 0 Å². The van der Waals surface area contributed by atoms with Gasteiger partial charge >= 0.3 is 5.97 Å². The number of pyridine rings is 1. The van der Waals surface area contributed by atoms with Crippen LogP contribution < -0.4 is 5.32 Å². The molecule has 1 atom stereocenters. The zero-order valence-electron chi connectivity index (χ0n) is 7.06. The first-order valence-corrected chi connectivity index (χ1v) is 3.74. The van der Waals surface area contributed by atoms with E-state index in [1.54, 1.807) is 6.07 Å². The molecule has 0 aromatic carbocycles. The van der Waals surface area contributed by atoms with Gasteiger partial charge in [0.2, 0.25) is 0 Å². The van der Waals surface area contributed by atoms with Gasteiger partial charge in [0.05, 0.1) is 0 Å². The Morgan fingerprint density at radius 1 is 1.69 bits per heavy atom. The number of rotatable bonds is 3. The second-order valence-corrected chi connectivity index (χ2v) is 2.58. The van der Waals surface area contributed by atoms with E-state index in [0.717, 1.165) is 0 Å². The maximum atomic E-state index is 10.4. The third-order valence-electron chi connectivity index (χ3n) is 1.51. The molecule has 0 aliphatic rings. The Kier molecular flexibility index (Phi) is 2.69. The number of aromatic hydroxyl groups is 1. The molecule has 0 fully saturated rings. The lowest BCUT2D eigenvalue weighted by atomic mass is 10.3. The van der Waals surface area contributed by atoms with E-state index in [9.17, 15) is 9.90 Å². The van der Waals surface area contributed by atoms with Crippen molar-refractivity contribution in [2.45, 2.75) is 13.0 Å². The summed E-state index contributed by atoms with van der Waals surface area (Å²) in [6.07, 6.45) is 1.47. The van der Waals surface area contributed by atoms with Gasteiger partial charge in [-0.25, -0.2) is 4.98 Å². The average Bonchev–Trinajstić information content (AvgIpc) is 2.08. The largest absolute Gasteiger partial charge is 0.504 e. The number of hydrogen-bond donors (Lipinski definition) is 3. The first-order chi connectivity index (χ1) is 6.11. The molecule has 1 rings (SSSR count). The zero-order valence-corrected chi connectivity index (χ0v) is 7.06. The van der Waals surface area contributed by atoms with Crippen LogP contribution in [0.1, 0.15) is 6.92 Å². The molecule has 1 aromatic heterocycles. The lowest BCUT2D eigenvalue weighted by Crippen LogP contribution is -2.25. The monoisotopic (exact) mass is 182 g/mol. The van der Waals surface area contributed by atoms with Crippen molar-refractivity contribution in [1.29, 1.82) is 0 Å². The van der Waals surface area contributed by atoms with E-state index < -0.39 is 12.0 Å². The van der Waals surface area contributed by atoms with Gasteiger partial charge in [0.15, 0.2) is 11.6 Å². The Morgan fingerprint density at radius 3 is 2.92 bits per heavy atom. The summed E-state index contributed by atoms with van der Waals surface area (Å²) >= 11 is 0. The summed E-state index contributed by atoms with van der Waals surface area (Å²) in [5.41, 5.74) is 0. The van der Waals surface area contributed by atoms with Gasteiger partial charge in [-0.1, -0.05) is 0 Å². The SMILES string of the molecule is C[C@H](Nc1ncccc1O)C(=O)O. The number of carbonyl (C=O) groups is 1. The van der Waals surface area contributed by atoms with Gasteiger partial charge < -0.3 is 15.5 Å². The van der Waals surface area contributed by atoms with Crippen LogP contribution in [0.2, 0.25) is 0 Å². The summed E-state index contributed by atoms with van der Waals surface area (Å²) in [4.78, 5) is 14.2. The number of nitrogens with one attached hydrogen (secondary N) is 1. The van der Waals surface area contributed by atoms with Crippen LogP contribution in [-0.2, 0) is 4.79 Å². The normalized spacial score (nSPS) is 12.1. The van der Waals surface area contributed by atoms with Crippen LogP contribution >= 0.6 is 0 Å². The molecule has 1 heterocycles. The van der Waals surface area contributed by atoms with Crippen molar-refractivity contribution >= 4 is 11.8 Å². The van der Waals surface area contributed by atoms with Crippen molar-refractivity contribution < 1.29 is 15.0 Å². The highest BCUT2D eigenvalue weighted by atomic mass is 16.4. The molecule has 0 spiro atoms. The Morgan fingerprint density at radius 2 is 2.38 bits per heavy atom. The van der Waals surface area contributed by atoms with E-state index in [-0.39, 0.29) is 11.6 Å². The molecule has 0 amide bonds. The smallest absolute Gasteiger partial charge is 0.325 e. The fraction of sp³-hybridized carbons (Fsp3) is 0.250. The molecule has 70 valence electrons. The van der Waals surface area contributed by atoms with Crippen LogP contribution in [0.3, 0.4) is 0 Å². The molecule has 0 unspecified atom stereocenters. The van der Waals surface area contributed by atoms with Gasteiger partial charge in [-0.2, -0.15) is 0 Å². The van der Waals surface area contributed by atoms with Crippen molar-refractivity contribution in [3.8, 4) is 5.75 Å². The molecule has 0 aliphatic heterocycles. The van der Waals surface area contributed by atoms with Crippen LogP contribution in [0.4, 0.5) is 5.82 Å². The standard InChI is InChI=1S/C8H10N2O3/c1-5(8(12)13)10-7-6(11)3-2-4-9-7/h2-5,11H,1H3,(H,9,10)(H,12,13)/t5-/m0/s1. The van der Waals surface area contributed by atoms with E-state index in [1.165, 1.54) is 19.2 Å². The minimum atomic E-state index is -0.995. The van der Waals surface area contributed by atoms with Crippen LogP contribution in [0, 0.1) is 0 Å². The topological polar surface area (TPSA) is 82.5 Å². The summed E-state index contributed by atoms with van der Waals surface area (Å²) in [6.45, 7) is 1.47. The van der Waals surface area contributed by atoms with Gasteiger partial charge in [0, 0.05) is 6.20 Å². The Bertz CT molecular complexity index is 314. The maximum absolute atomic E-state index is 10.4. The third-order valence-corrected chi connectivity index (χ3v) is 1.51. The highest BCUT2D eigenvalue weighted by molar-refractivity contribution is 5.76. The van der Waals surface area contributed by atoms with Gasteiger partial charge in [-0.3, -0.25) is 4.79 Å². The third kappa shape index (κ3) is 2.33. The second-order valence-electron chi connectivity index (χ2n) is 2.58. The number of nitrogens with zero attached hydrogens (tertiary/aromatic N) is 1. The van der Waals surface area contributed by atoms with E-state index in [0.29, 0.717) is 0 Å². The number of aromatic nitrogens is 1. The minimum absolute atomic E-state index is 0.0596. The first kappa shape index (κ1) is 9.31. The Labute approximate surface area is 75.0 Å². The number of carboxylic acids is 1. The molecule has 0 aliphatic carbocycles. The molecule has 0 saturated heterocycles. The molecular weight excluding hydrogens is 172 g/mol. The fourth-order valence-corrected chi connectivity index (χ4v) is 0.775. The van der Waals surface area contributed by atoms with Gasteiger partial charge in [0.1, 0.15) is 6.04 Å². The molecule has 0 saturated carbocycles. The summed E-state index contributed by atoms with van der Waals surface area (Å²) in [5.74, 6) is -0.877. The lowest BCUT2D eigenvalue weighted by molar-refractivity contribution is -0.137. The molecule has 3 N–H and O–H groups in total. The first-order valence-electron chi connectivity index (χ1n) is 3.74. The zero-order chi connectivity index (χ0) is 9.84. The molecule has 0 radical (unpaired) electrons. The summed E-state index contributed by atoms with van der Waals surface area (Å²) in [6, 6.07) is 2.22. The second kappa shape index (κ2) is 3.75. The van der Waals surface area contributed by atoms with Gasteiger partial charge in [-0.15, -0.1) is 0 Å². The predicted molar refractivity (Wildman–Crippen MR) is 46.6 cm³/mol. The van der Waals surface area contributed by atoms with Crippen molar-refractivity contribution in [2.24, 2.45) is 0 Å². The molecule has 1 aromatic rings. The molecule has 0 bridgehead atoms. The number of hydrogen-bond acceptors (Lipinski definition) is 4. The van der Waals surface area contributed by atoms with E-state index in [1.807, 2.05) is 0 Å². The van der Waals surface area contributed by atoms with Crippen LogP contribution in [0.5, 0.6) is 5.75 Å². The van der Waals surface area contributed by atoms with E-state index in [2.05, 4.69) is 10.3 Å². The number of anilines is 1. The molecule has 13 heavy (non-hydrogen) atoms. The fourth-order valence-electron chi connectivity index (χ4n) is 0.775. The van der Waals surface area contributed by atoms with Crippen molar-refractivity contribution in [2.75, 3.05) is 5.32 Å². The lowest BCUT2D eigenvalue weighted by Gasteiger charge is -2.10. The highest BCUT2D eigenvalue weighted by Crippen LogP contribution is 2.18. The van der Waals surface area contributed by atoms with Crippen LogP contribution in [0.25, 0.3) is 0 Å². The molecular formula is C8H10N2O3. The number of carboxylic acid groups (broad SMARTS) is 1. The van der Waals surface area contributed by atoms with Gasteiger partial charge in [0.25, 0.3) is 0 Å². The highest BCUT2D eigenvalue weighted by Gasteiger charge is 2.12. The maximum Gasteiger partial charge on any atom is 0.325 e. The van der Waals surface area contributed by atoms with Gasteiger partial charge in [-0.05, 0) is 19.1 Å². The average molecular weight is 182 g/mol. The van der Waals surface area contributed by atoms with Crippen molar-refractivity contribution in [3.05, 3.63) is 18.3 Å². The van der Waals surface area contributed by atoms with E-state index >= 15 is 0 Å². The Balaban J connectivity index is 2.74.